The molecular weight excluding hydrogens is 588 g/mol. The summed E-state index contributed by atoms with van der Waals surface area (Å²) in [6.45, 7) is 1.21. The molecule has 3 atom stereocenters. The van der Waals surface area contributed by atoms with E-state index in [1.807, 2.05) is 0 Å². The number of oxime groups is 1. The van der Waals surface area contributed by atoms with Crippen molar-refractivity contribution >= 4 is 81.1 Å². The van der Waals surface area contributed by atoms with Crippen molar-refractivity contribution in [3.63, 3.8) is 0 Å². The van der Waals surface area contributed by atoms with Crippen LogP contribution >= 0.6 is 34.9 Å². The van der Waals surface area contributed by atoms with Gasteiger partial charge in [0, 0.05) is 16.9 Å². The third-order valence-electron chi connectivity index (χ3n) is 5.55. The van der Waals surface area contributed by atoms with Gasteiger partial charge in [-0.05, 0) is 24.3 Å². The van der Waals surface area contributed by atoms with Crippen LogP contribution in [0.1, 0.15) is 12.6 Å². The Kier molecular flexibility index (Phi) is 8.21. The Morgan fingerprint density at radius 2 is 2.05 bits per heavy atom. The maximum atomic E-state index is 13.1. The molecule has 0 saturated carbocycles. The van der Waals surface area contributed by atoms with Crippen LogP contribution in [0.25, 0.3) is 0 Å². The van der Waals surface area contributed by atoms with Crippen LogP contribution in [0, 0.1) is 0 Å². The molecule has 0 aliphatic carbocycles. The molecule has 2 aliphatic rings. The van der Waals surface area contributed by atoms with Crippen LogP contribution in [0.4, 0.5) is 16.8 Å². The first-order valence-electron chi connectivity index (χ1n) is 11.1. The summed E-state index contributed by atoms with van der Waals surface area (Å²) < 4.78 is 1.11. The van der Waals surface area contributed by atoms with Crippen LogP contribution < -0.4 is 33.0 Å². The second kappa shape index (κ2) is 11.4. The molecule has 0 aromatic carbocycles. The van der Waals surface area contributed by atoms with Crippen molar-refractivity contribution in [2.24, 2.45) is 5.16 Å². The Morgan fingerprint density at radius 1 is 1.32 bits per heavy atom. The van der Waals surface area contributed by atoms with Crippen molar-refractivity contribution in [2.75, 3.05) is 34.5 Å². The number of hydrogen-bond acceptors (Lipinski definition) is 15. The number of thiazole rings is 1. The first-order chi connectivity index (χ1) is 18.9. The van der Waals surface area contributed by atoms with Gasteiger partial charge in [-0.3, -0.25) is 20.3 Å². The van der Waals surface area contributed by atoms with Crippen molar-refractivity contribution in [3.05, 3.63) is 28.4 Å². The topological polar surface area (TPSA) is 279 Å². The smallest absolute Gasteiger partial charge is 0.352 e. The number of amides is 2. The van der Waals surface area contributed by atoms with Gasteiger partial charge in [-0.1, -0.05) is 10.1 Å². The minimum Gasteiger partial charge on any atom is -0.478 e. The Bertz CT molecular complexity index is 1460. The normalized spacial score (nSPS) is 19.5. The van der Waals surface area contributed by atoms with Gasteiger partial charge >= 0.3 is 17.1 Å². The number of carbonyl (C=O) groups excluding carboxylic acids is 2. The number of nitrogen functional groups attached to an aromatic ring is 4. The number of nitrogens with zero attached hydrogens (tertiary/aromatic N) is 5. The molecule has 1 fully saturated rings. The minimum absolute atomic E-state index is 0.0101. The molecule has 1 unspecified atom stereocenters. The lowest BCUT2D eigenvalue weighted by atomic mass is 10.0. The number of nitrogens with two attached hydrogens (primary N) is 4. The summed E-state index contributed by atoms with van der Waals surface area (Å²) in [4.78, 5) is 63.5. The molecule has 0 radical (unpaired) electrons. The Labute approximate surface area is 237 Å². The fourth-order valence-corrected chi connectivity index (χ4v) is 6.54. The van der Waals surface area contributed by atoms with Crippen LogP contribution in [-0.2, 0) is 24.0 Å². The fraction of sp³-hybridized carbons (Fsp3) is 0.300. The fourth-order valence-electron chi connectivity index (χ4n) is 3.56. The second-order valence-electron chi connectivity index (χ2n) is 8.26. The number of carboxylic acid groups (broad SMARTS) is 2. The predicted octanol–water partition coefficient (Wildman–Crippen LogP) is -1.99. The van der Waals surface area contributed by atoms with E-state index in [0.717, 1.165) is 32.7 Å². The van der Waals surface area contributed by atoms with Crippen LogP contribution in [-0.4, -0.2) is 83.6 Å². The molecule has 20 heteroatoms. The Balaban J connectivity index is 1.52. The molecule has 2 aliphatic heterocycles. The van der Waals surface area contributed by atoms with E-state index in [-0.39, 0.29) is 44.8 Å². The van der Waals surface area contributed by atoms with Crippen LogP contribution in [0.5, 0.6) is 0 Å². The first kappa shape index (κ1) is 28.7. The highest BCUT2D eigenvalue weighted by atomic mass is 32.2. The Hall–Kier alpha value is -4.30. The van der Waals surface area contributed by atoms with Gasteiger partial charge < -0.3 is 37.6 Å². The predicted molar refractivity (Wildman–Crippen MR) is 145 cm³/mol. The maximum Gasteiger partial charge on any atom is 0.352 e. The third kappa shape index (κ3) is 5.67. The zero-order valence-electron chi connectivity index (χ0n) is 20.5. The van der Waals surface area contributed by atoms with Crippen LogP contribution in [0.3, 0.4) is 0 Å². The number of thioether (sulfide) groups is 2. The van der Waals surface area contributed by atoms with E-state index in [1.165, 1.54) is 30.1 Å². The number of aliphatic carboxylic acids is 2. The highest BCUT2D eigenvalue weighted by Crippen LogP contribution is 2.41. The number of anilines is 3. The molecule has 1 saturated heterocycles. The number of nitrogens with one attached hydrogen (secondary N) is 1. The van der Waals surface area contributed by atoms with E-state index in [4.69, 9.17) is 33.0 Å². The number of β-lactam (4-membered cyclic amide) rings is 1. The van der Waals surface area contributed by atoms with Gasteiger partial charge in [-0.25, -0.2) is 14.6 Å². The molecule has 0 spiro atoms. The molecule has 11 N–H and O–H groups in total. The monoisotopic (exact) mass is 611 g/mol. The molecule has 0 bridgehead atoms. The number of rotatable bonds is 10. The van der Waals surface area contributed by atoms with Crippen molar-refractivity contribution < 1.29 is 38.9 Å². The summed E-state index contributed by atoms with van der Waals surface area (Å²) in [6.07, 6.45) is -1.37. The van der Waals surface area contributed by atoms with E-state index in [9.17, 15) is 24.3 Å². The van der Waals surface area contributed by atoms with Gasteiger partial charge in [-0.2, -0.15) is 0 Å². The first-order valence-corrected chi connectivity index (χ1v) is 14.0. The van der Waals surface area contributed by atoms with E-state index >= 15 is 0 Å². The molecule has 17 nitrogen and oxygen atoms in total. The lowest BCUT2D eigenvalue weighted by Crippen LogP contribution is -2.71. The van der Waals surface area contributed by atoms with E-state index in [2.05, 4.69) is 20.4 Å². The molecule has 4 heterocycles. The summed E-state index contributed by atoms with van der Waals surface area (Å²) in [5.41, 5.74) is 17.0. The van der Waals surface area contributed by atoms with Gasteiger partial charge in [-0.15, -0.1) is 27.8 Å². The zero-order valence-corrected chi connectivity index (χ0v) is 23.0. The van der Waals surface area contributed by atoms with Crippen molar-refractivity contribution in [3.8, 4) is 0 Å². The molecule has 4 rings (SSSR count). The summed E-state index contributed by atoms with van der Waals surface area (Å²) in [5, 5.41) is 26.2. The molecular formula is C20H23N10O7S3+. The van der Waals surface area contributed by atoms with Crippen molar-refractivity contribution in [1.29, 1.82) is 0 Å². The standard InChI is InChI=1S/C20H22N10O7S3/c1-6(17(33)34)37-28-11(8-5-39-19(23)25-8)14(31)27-12-15(32)29-13(18(35)36)7(3-38-16(12)29)4-40-20-26-9(21)2-10(22)30(20)24/h2,5-6,12,16H,3-4,24H2,1H3,(H8,21,22,23,25,27,31,33,34,35,36)/p+1/b28-11-/t6-,12?,16+/m0/s1. The molecule has 2 amide bonds. The largest absolute Gasteiger partial charge is 0.478 e. The van der Waals surface area contributed by atoms with E-state index in [0.29, 0.717) is 5.57 Å². The van der Waals surface area contributed by atoms with Crippen LogP contribution in [0.2, 0.25) is 0 Å². The number of fused-ring (bicyclic) bond motifs is 1. The van der Waals surface area contributed by atoms with Gasteiger partial charge in [0.25, 0.3) is 11.8 Å². The highest BCUT2D eigenvalue weighted by Gasteiger charge is 2.54. The van der Waals surface area contributed by atoms with Gasteiger partial charge in [0.1, 0.15) is 22.8 Å². The lowest BCUT2D eigenvalue weighted by molar-refractivity contribution is -0.667. The van der Waals surface area contributed by atoms with Crippen molar-refractivity contribution in [1.82, 2.24) is 20.2 Å². The summed E-state index contributed by atoms with van der Waals surface area (Å²) in [6, 6.07) is 0.277. The second-order valence-corrected chi connectivity index (χ2v) is 11.2. The SMILES string of the molecule is C[C@H](O/N=C(\C(=O)NC1C(=O)N2C(C(=O)O)=C(CSc3nc(N)cc(N)[n+]3N)CS[C@H]12)c1csc(N)n1)C(=O)O. The van der Waals surface area contributed by atoms with E-state index < -0.39 is 47.0 Å². The summed E-state index contributed by atoms with van der Waals surface area (Å²) in [5.74, 6) is 2.32. The maximum absolute atomic E-state index is 13.1. The summed E-state index contributed by atoms with van der Waals surface area (Å²) >= 11 is 3.35. The zero-order chi connectivity index (χ0) is 29.3. The van der Waals surface area contributed by atoms with Crippen molar-refractivity contribution in [2.45, 2.75) is 29.6 Å². The van der Waals surface area contributed by atoms with E-state index in [1.54, 1.807) is 0 Å². The minimum atomic E-state index is -1.37. The van der Waals surface area contributed by atoms with Crippen LogP contribution in [0.15, 0.2) is 33.0 Å². The number of aromatic nitrogens is 3. The molecule has 40 heavy (non-hydrogen) atoms. The highest BCUT2D eigenvalue weighted by molar-refractivity contribution is 8.01. The third-order valence-corrected chi connectivity index (χ3v) is 8.60. The average molecular weight is 612 g/mol. The van der Waals surface area contributed by atoms with Gasteiger partial charge in [0.05, 0.1) is 6.07 Å². The Morgan fingerprint density at radius 3 is 2.67 bits per heavy atom. The number of hydrogen-bond donors (Lipinski definition) is 7. The van der Waals surface area contributed by atoms with Gasteiger partial charge in [0.15, 0.2) is 10.8 Å². The lowest BCUT2D eigenvalue weighted by Gasteiger charge is -2.49. The summed E-state index contributed by atoms with van der Waals surface area (Å²) in [7, 11) is 0. The van der Waals surface area contributed by atoms with Gasteiger partial charge in [0.2, 0.25) is 17.7 Å². The molecule has 2 aromatic heterocycles. The molecule has 2 aromatic rings. The molecule has 212 valence electrons. The number of carbonyl (C=O) groups is 4. The number of carboxylic acids is 2. The average Bonchev–Trinajstić information content (AvgIpc) is 3.33. The quantitative estimate of drug-likeness (QED) is 0.0291.